The van der Waals surface area contributed by atoms with Crippen molar-refractivity contribution in [1.29, 1.82) is 0 Å². The average Bonchev–Trinajstić information content (AvgIpc) is 3.18. The SMILES string of the molecule is O=C1NN=C(CSc2nnc(-c3ccccc3)n2-c2ccccc2)Oc2ccccc21. The third-order valence-corrected chi connectivity index (χ3v) is 5.56. The Morgan fingerprint density at radius 1 is 0.871 bits per heavy atom. The topological polar surface area (TPSA) is 81.4 Å². The van der Waals surface area contributed by atoms with Crippen molar-refractivity contribution in [2.45, 2.75) is 5.16 Å². The second-order valence-electron chi connectivity index (χ2n) is 6.68. The van der Waals surface area contributed by atoms with E-state index in [1.807, 2.05) is 71.3 Å². The molecule has 7 nitrogen and oxygen atoms in total. The van der Waals surface area contributed by atoms with Gasteiger partial charge in [-0.15, -0.1) is 15.3 Å². The normalized spacial score (nSPS) is 12.9. The molecule has 2 heterocycles. The number of hydrogen-bond donors (Lipinski definition) is 1. The number of fused-ring (bicyclic) bond motifs is 1. The molecule has 4 aromatic rings. The van der Waals surface area contributed by atoms with E-state index >= 15 is 0 Å². The first-order chi connectivity index (χ1) is 15.3. The lowest BCUT2D eigenvalue weighted by atomic mass is 10.2. The molecule has 0 unspecified atom stereocenters. The highest BCUT2D eigenvalue weighted by molar-refractivity contribution is 7.99. The fraction of sp³-hybridized carbons (Fsp3) is 0.0435. The van der Waals surface area contributed by atoms with Gasteiger partial charge in [0.1, 0.15) is 5.75 Å². The molecule has 1 aliphatic rings. The summed E-state index contributed by atoms with van der Waals surface area (Å²) in [5, 5.41) is 13.7. The summed E-state index contributed by atoms with van der Waals surface area (Å²) >= 11 is 1.43. The summed E-state index contributed by atoms with van der Waals surface area (Å²) in [7, 11) is 0. The van der Waals surface area contributed by atoms with Crippen LogP contribution in [0.25, 0.3) is 17.1 Å². The molecule has 1 aliphatic heterocycles. The van der Waals surface area contributed by atoms with Gasteiger partial charge in [-0.25, -0.2) is 5.43 Å². The van der Waals surface area contributed by atoms with Crippen LogP contribution in [0.1, 0.15) is 10.4 Å². The Bertz CT molecular complexity index is 1260. The Kier molecular flexibility index (Phi) is 5.20. The highest BCUT2D eigenvalue weighted by Gasteiger charge is 2.21. The van der Waals surface area contributed by atoms with Crippen LogP contribution in [0.5, 0.6) is 5.75 Å². The number of amides is 1. The Balaban J connectivity index is 1.45. The average molecular weight is 427 g/mol. The highest BCUT2D eigenvalue weighted by atomic mass is 32.2. The molecule has 0 saturated carbocycles. The van der Waals surface area contributed by atoms with Crippen LogP contribution >= 0.6 is 11.8 Å². The summed E-state index contributed by atoms with van der Waals surface area (Å²) in [6.45, 7) is 0. The number of nitrogens with zero attached hydrogens (tertiary/aromatic N) is 4. The molecule has 1 amide bonds. The Morgan fingerprint density at radius 3 is 2.39 bits per heavy atom. The number of rotatable bonds is 5. The minimum atomic E-state index is -0.297. The van der Waals surface area contributed by atoms with E-state index in [0.717, 1.165) is 17.1 Å². The van der Waals surface area contributed by atoms with Crippen LogP contribution in [-0.2, 0) is 0 Å². The van der Waals surface area contributed by atoms with Crippen LogP contribution < -0.4 is 10.2 Å². The standard InChI is InChI=1S/C23H17N5O2S/c29-22-18-13-7-8-14-19(18)30-20(24-26-22)15-31-23-27-25-21(16-9-3-1-4-10-16)28(23)17-11-5-2-6-12-17/h1-14H,15H2,(H,26,29). The van der Waals surface area contributed by atoms with E-state index in [4.69, 9.17) is 4.74 Å². The number of carbonyl (C=O) groups is 1. The molecule has 5 rings (SSSR count). The summed E-state index contributed by atoms with van der Waals surface area (Å²) in [5.41, 5.74) is 4.90. The molecular formula is C23H17N5O2S. The van der Waals surface area contributed by atoms with E-state index in [9.17, 15) is 4.79 Å². The van der Waals surface area contributed by atoms with Crippen molar-refractivity contribution < 1.29 is 9.53 Å². The Morgan fingerprint density at radius 2 is 1.58 bits per heavy atom. The molecule has 0 fully saturated rings. The van der Waals surface area contributed by atoms with Gasteiger partial charge in [0.15, 0.2) is 11.0 Å². The number of benzene rings is 3. The molecule has 152 valence electrons. The zero-order valence-electron chi connectivity index (χ0n) is 16.3. The number of carbonyl (C=O) groups excluding carboxylic acids is 1. The van der Waals surface area contributed by atoms with Crippen LogP contribution in [0.15, 0.2) is 95.2 Å². The van der Waals surface area contributed by atoms with Crippen molar-refractivity contribution in [2.75, 3.05) is 5.75 Å². The fourth-order valence-corrected chi connectivity index (χ4v) is 4.00. The predicted molar refractivity (Wildman–Crippen MR) is 119 cm³/mol. The zero-order valence-corrected chi connectivity index (χ0v) is 17.1. The van der Waals surface area contributed by atoms with Crippen molar-refractivity contribution in [1.82, 2.24) is 20.2 Å². The van der Waals surface area contributed by atoms with Gasteiger partial charge in [0.05, 0.1) is 11.3 Å². The second-order valence-corrected chi connectivity index (χ2v) is 7.62. The summed E-state index contributed by atoms with van der Waals surface area (Å²) in [4.78, 5) is 12.2. The fourth-order valence-electron chi connectivity index (χ4n) is 3.20. The van der Waals surface area contributed by atoms with Crippen molar-refractivity contribution in [3.8, 4) is 22.8 Å². The summed E-state index contributed by atoms with van der Waals surface area (Å²) in [6.07, 6.45) is 0. The lowest BCUT2D eigenvalue weighted by Gasteiger charge is -2.11. The number of nitrogens with one attached hydrogen (secondary N) is 1. The monoisotopic (exact) mass is 427 g/mol. The van der Waals surface area contributed by atoms with Crippen LogP contribution in [0.2, 0.25) is 0 Å². The number of para-hydroxylation sites is 2. The summed E-state index contributed by atoms with van der Waals surface area (Å²) in [5.74, 6) is 1.68. The molecule has 31 heavy (non-hydrogen) atoms. The van der Waals surface area contributed by atoms with Gasteiger partial charge in [0, 0.05) is 11.3 Å². The minimum absolute atomic E-state index is 0.297. The van der Waals surface area contributed by atoms with Crippen molar-refractivity contribution in [3.05, 3.63) is 90.5 Å². The smallest absolute Gasteiger partial charge is 0.275 e. The Hall–Kier alpha value is -3.91. The molecule has 0 spiro atoms. The van der Waals surface area contributed by atoms with E-state index in [1.165, 1.54) is 11.8 Å². The highest BCUT2D eigenvalue weighted by Crippen LogP contribution is 2.28. The predicted octanol–water partition coefficient (Wildman–Crippen LogP) is 4.16. The second kappa shape index (κ2) is 8.45. The maximum Gasteiger partial charge on any atom is 0.275 e. The van der Waals surface area contributed by atoms with Gasteiger partial charge in [-0.1, -0.05) is 72.4 Å². The van der Waals surface area contributed by atoms with E-state index in [0.29, 0.717) is 28.1 Å². The van der Waals surface area contributed by atoms with Crippen molar-refractivity contribution in [3.63, 3.8) is 0 Å². The van der Waals surface area contributed by atoms with E-state index in [-0.39, 0.29) is 5.91 Å². The van der Waals surface area contributed by atoms with Crippen LogP contribution in [0.4, 0.5) is 0 Å². The van der Waals surface area contributed by atoms with Gasteiger partial charge in [0.2, 0.25) is 5.90 Å². The third-order valence-electron chi connectivity index (χ3n) is 4.65. The van der Waals surface area contributed by atoms with E-state index < -0.39 is 0 Å². The van der Waals surface area contributed by atoms with Crippen LogP contribution in [0.3, 0.4) is 0 Å². The van der Waals surface area contributed by atoms with E-state index in [2.05, 4.69) is 20.7 Å². The first-order valence-electron chi connectivity index (χ1n) is 9.62. The molecule has 0 saturated heterocycles. The summed E-state index contributed by atoms with van der Waals surface area (Å²) in [6, 6.07) is 26.9. The third kappa shape index (κ3) is 3.93. The quantitative estimate of drug-likeness (QED) is 0.484. The largest absolute Gasteiger partial charge is 0.440 e. The van der Waals surface area contributed by atoms with Gasteiger partial charge >= 0.3 is 0 Å². The van der Waals surface area contributed by atoms with Gasteiger partial charge < -0.3 is 4.74 Å². The Labute approximate surface area is 182 Å². The molecule has 8 heteroatoms. The molecule has 0 radical (unpaired) electrons. The first kappa shape index (κ1) is 19.1. The molecular weight excluding hydrogens is 410 g/mol. The van der Waals surface area contributed by atoms with Crippen molar-refractivity contribution >= 4 is 23.6 Å². The van der Waals surface area contributed by atoms with Gasteiger partial charge in [-0.2, -0.15) is 0 Å². The first-order valence-corrected chi connectivity index (χ1v) is 10.6. The number of thioether (sulfide) groups is 1. The van der Waals surface area contributed by atoms with E-state index in [1.54, 1.807) is 18.2 Å². The molecule has 1 aromatic heterocycles. The number of ether oxygens (including phenoxy) is 1. The van der Waals surface area contributed by atoms with Crippen LogP contribution in [-0.4, -0.2) is 32.3 Å². The molecule has 1 N–H and O–H groups in total. The molecule has 3 aromatic carbocycles. The maximum atomic E-state index is 12.2. The van der Waals surface area contributed by atoms with Crippen LogP contribution in [0, 0.1) is 0 Å². The molecule has 0 atom stereocenters. The zero-order chi connectivity index (χ0) is 21.0. The molecule has 0 bridgehead atoms. The lowest BCUT2D eigenvalue weighted by Crippen LogP contribution is -2.18. The van der Waals surface area contributed by atoms with Gasteiger partial charge in [0.25, 0.3) is 5.91 Å². The molecule has 0 aliphatic carbocycles. The maximum absolute atomic E-state index is 12.2. The minimum Gasteiger partial charge on any atom is -0.440 e. The van der Waals surface area contributed by atoms with Crippen molar-refractivity contribution in [2.24, 2.45) is 5.10 Å². The summed E-state index contributed by atoms with van der Waals surface area (Å²) < 4.78 is 7.88. The van der Waals surface area contributed by atoms with Gasteiger partial charge in [-0.05, 0) is 24.3 Å². The number of aromatic nitrogens is 3. The van der Waals surface area contributed by atoms with Gasteiger partial charge in [-0.3, -0.25) is 9.36 Å². The number of hydrogen-bond acceptors (Lipinski definition) is 6. The number of hydrazone groups is 1. The lowest BCUT2D eigenvalue weighted by molar-refractivity contribution is 0.0955.